The van der Waals surface area contributed by atoms with Crippen LogP contribution < -0.4 is 11.1 Å². The largest absolute Gasteiger partial charge is 0.409 e. The Hall–Kier alpha value is -2.41. The molecular weight excluding hydrogens is 288 g/mol. The van der Waals surface area contributed by atoms with Gasteiger partial charge in [0.25, 0.3) is 5.91 Å². The van der Waals surface area contributed by atoms with Crippen molar-refractivity contribution in [2.24, 2.45) is 10.9 Å². The fourth-order valence-electron chi connectivity index (χ4n) is 1.73. The molecule has 6 nitrogen and oxygen atoms in total. The fourth-order valence-corrected chi connectivity index (χ4v) is 2.73. The van der Waals surface area contributed by atoms with Crippen LogP contribution in [0.15, 0.2) is 29.6 Å². The molecule has 21 heavy (non-hydrogen) atoms. The number of nitrogens with zero attached hydrogens (tertiary/aromatic N) is 2. The quantitative estimate of drug-likeness (QED) is 0.347. The molecule has 0 saturated carbocycles. The minimum Gasteiger partial charge on any atom is -0.409 e. The number of hydrogen-bond acceptors (Lipinski definition) is 5. The molecule has 0 radical (unpaired) electrons. The van der Waals surface area contributed by atoms with Crippen molar-refractivity contribution in [2.75, 3.05) is 0 Å². The monoisotopic (exact) mass is 304 g/mol. The molecule has 7 heteroatoms. The van der Waals surface area contributed by atoms with E-state index in [1.54, 1.807) is 17.4 Å². The zero-order valence-electron chi connectivity index (χ0n) is 11.8. The van der Waals surface area contributed by atoms with Crippen molar-refractivity contribution in [1.82, 2.24) is 10.3 Å². The van der Waals surface area contributed by atoms with Gasteiger partial charge < -0.3 is 16.3 Å². The molecule has 1 amide bonds. The number of nitrogens with one attached hydrogen (secondary N) is 1. The van der Waals surface area contributed by atoms with Crippen LogP contribution in [0.1, 0.15) is 31.4 Å². The zero-order chi connectivity index (χ0) is 15.4. The van der Waals surface area contributed by atoms with E-state index in [0.717, 1.165) is 4.88 Å². The number of thiophene rings is 1. The van der Waals surface area contributed by atoms with Gasteiger partial charge in [0.15, 0.2) is 5.84 Å². The van der Waals surface area contributed by atoms with Crippen LogP contribution in [-0.4, -0.2) is 21.9 Å². The van der Waals surface area contributed by atoms with E-state index in [9.17, 15) is 4.79 Å². The van der Waals surface area contributed by atoms with Crippen molar-refractivity contribution in [3.05, 3.63) is 51.0 Å². The lowest BCUT2D eigenvalue weighted by Crippen LogP contribution is -2.23. The summed E-state index contributed by atoms with van der Waals surface area (Å²) in [5.74, 6) is -0.302. The second-order valence-corrected chi connectivity index (χ2v) is 5.89. The topological polar surface area (TPSA) is 101 Å². The second-order valence-electron chi connectivity index (χ2n) is 4.55. The summed E-state index contributed by atoms with van der Waals surface area (Å²) in [4.78, 5) is 18.3. The molecule has 0 fully saturated rings. The third-order valence-corrected chi connectivity index (χ3v) is 4.19. The summed E-state index contributed by atoms with van der Waals surface area (Å²) in [7, 11) is 0. The number of pyridine rings is 1. The van der Waals surface area contributed by atoms with E-state index in [1.165, 1.54) is 22.7 Å². The molecule has 0 aliphatic rings. The predicted molar refractivity (Wildman–Crippen MR) is 81.7 cm³/mol. The maximum Gasteiger partial charge on any atom is 0.270 e. The number of rotatable bonds is 4. The molecule has 0 bridgehead atoms. The van der Waals surface area contributed by atoms with Crippen molar-refractivity contribution in [1.29, 1.82) is 0 Å². The maximum atomic E-state index is 12.0. The van der Waals surface area contributed by atoms with Crippen molar-refractivity contribution in [2.45, 2.75) is 20.4 Å². The van der Waals surface area contributed by atoms with Crippen molar-refractivity contribution in [3.8, 4) is 0 Å². The summed E-state index contributed by atoms with van der Waals surface area (Å²) in [5, 5.41) is 14.3. The Labute approximate surface area is 126 Å². The number of hydrogen-bond donors (Lipinski definition) is 3. The molecule has 2 heterocycles. The summed E-state index contributed by atoms with van der Waals surface area (Å²) in [6, 6.07) is 5.18. The molecule has 0 spiro atoms. The SMILES string of the molecule is Cc1cc(CNC(=O)c2ccc(C(N)=NO)cn2)sc1C. The molecule has 2 aromatic rings. The Morgan fingerprint density at radius 1 is 1.48 bits per heavy atom. The van der Waals surface area contributed by atoms with E-state index in [1.807, 2.05) is 6.92 Å². The van der Waals surface area contributed by atoms with E-state index in [0.29, 0.717) is 12.1 Å². The van der Waals surface area contributed by atoms with Crippen molar-refractivity contribution < 1.29 is 10.0 Å². The van der Waals surface area contributed by atoms with Crippen LogP contribution in [0, 0.1) is 13.8 Å². The van der Waals surface area contributed by atoms with Gasteiger partial charge in [-0.25, -0.2) is 0 Å². The Kier molecular flexibility index (Phi) is 4.54. The first kappa shape index (κ1) is 15.0. The van der Waals surface area contributed by atoms with Gasteiger partial charge in [0.2, 0.25) is 0 Å². The van der Waals surface area contributed by atoms with E-state index in [4.69, 9.17) is 10.9 Å². The van der Waals surface area contributed by atoms with Crippen LogP contribution in [0.4, 0.5) is 0 Å². The number of nitrogens with two attached hydrogens (primary N) is 1. The molecule has 110 valence electrons. The highest BCUT2D eigenvalue weighted by Crippen LogP contribution is 2.20. The first-order chi connectivity index (χ1) is 10.0. The van der Waals surface area contributed by atoms with Crippen LogP contribution in [0.25, 0.3) is 0 Å². The number of carbonyl (C=O) groups excluding carboxylic acids is 1. The first-order valence-corrected chi connectivity index (χ1v) is 7.11. The minimum absolute atomic E-state index is 0.0426. The predicted octanol–water partition coefficient (Wildman–Crippen LogP) is 1.78. The van der Waals surface area contributed by atoms with Crippen LogP contribution in [-0.2, 0) is 6.54 Å². The standard InChI is InChI=1S/C14H16N4O2S/c1-8-5-11(21-9(8)2)7-17-14(19)12-4-3-10(6-16-12)13(15)18-20/h3-6,20H,7H2,1-2H3,(H2,15,18)(H,17,19). The average molecular weight is 304 g/mol. The zero-order valence-corrected chi connectivity index (χ0v) is 12.6. The van der Waals surface area contributed by atoms with E-state index in [-0.39, 0.29) is 17.4 Å². The van der Waals surface area contributed by atoms with E-state index in [2.05, 4.69) is 28.4 Å². The van der Waals surface area contributed by atoms with Gasteiger partial charge in [0.05, 0.1) is 6.54 Å². The van der Waals surface area contributed by atoms with Gasteiger partial charge in [-0.1, -0.05) is 5.16 Å². The molecule has 0 saturated heterocycles. The first-order valence-electron chi connectivity index (χ1n) is 6.29. The van der Waals surface area contributed by atoms with Crippen LogP contribution in [0.5, 0.6) is 0 Å². The summed E-state index contributed by atoms with van der Waals surface area (Å²) in [5.41, 5.74) is 7.40. The van der Waals surface area contributed by atoms with Gasteiger partial charge in [-0.05, 0) is 37.6 Å². The third-order valence-electron chi connectivity index (χ3n) is 3.04. The lowest BCUT2D eigenvalue weighted by Gasteiger charge is -2.04. The molecule has 0 unspecified atom stereocenters. The lowest BCUT2D eigenvalue weighted by atomic mass is 10.2. The van der Waals surface area contributed by atoms with Gasteiger partial charge >= 0.3 is 0 Å². The van der Waals surface area contributed by atoms with Gasteiger partial charge in [-0.15, -0.1) is 11.3 Å². The van der Waals surface area contributed by atoms with Crippen LogP contribution >= 0.6 is 11.3 Å². The van der Waals surface area contributed by atoms with E-state index >= 15 is 0 Å². The smallest absolute Gasteiger partial charge is 0.270 e. The van der Waals surface area contributed by atoms with Gasteiger partial charge in [0.1, 0.15) is 5.69 Å². The van der Waals surface area contributed by atoms with Crippen LogP contribution in [0.3, 0.4) is 0 Å². The Bertz CT molecular complexity index is 657. The van der Waals surface area contributed by atoms with Gasteiger partial charge in [-0.2, -0.15) is 0 Å². The number of aromatic nitrogens is 1. The molecule has 0 aliphatic carbocycles. The molecule has 2 rings (SSSR count). The highest BCUT2D eigenvalue weighted by Gasteiger charge is 2.09. The molecule has 0 aromatic carbocycles. The summed E-state index contributed by atoms with van der Waals surface area (Å²) < 4.78 is 0. The molecule has 2 aromatic heterocycles. The Morgan fingerprint density at radius 2 is 2.24 bits per heavy atom. The van der Waals surface area contributed by atoms with E-state index < -0.39 is 0 Å². The number of carbonyl (C=O) groups is 1. The number of oxime groups is 1. The summed E-state index contributed by atoms with van der Waals surface area (Å²) in [6.45, 7) is 4.57. The van der Waals surface area contributed by atoms with Crippen LogP contribution in [0.2, 0.25) is 0 Å². The maximum absolute atomic E-state index is 12.0. The normalized spacial score (nSPS) is 11.4. The second kappa shape index (κ2) is 6.36. The third kappa shape index (κ3) is 3.57. The molecule has 4 N–H and O–H groups in total. The number of amides is 1. The van der Waals surface area contributed by atoms with Gasteiger partial charge in [-0.3, -0.25) is 9.78 Å². The summed E-state index contributed by atoms with van der Waals surface area (Å²) >= 11 is 1.67. The highest BCUT2D eigenvalue weighted by molar-refractivity contribution is 7.12. The Morgan fingerprint density at radius 3 is 2.76 bits per heavy atom. The molecular formula is C14H16N4O2S. The Balaban J connectivity index is 2.00. The minimum atomic E-state index is -0.259. The lowest BCUT2D eigenvalue weighted by molar-refractivity contribution is 0.0946. The van der Waals surface area contributed by atoms with Crippen molar-refractivity contribution in [3.63, 3.8) is 0 Å². The summed E-state index contributed by atoms with van der Waals surface area (Å²) in [6.07, 6.45) is 1.39. The van der Waals surface area contributed by atoms with Crippen molar-refractivity contribution >= 4 is 23.1 Å². The molecule has 0 aliphatic heterocycles. The highest BCUT2D eigenvalue weighted by atomic mass is 32.1. The molecule has 0 atom stereocenters. The number of amidine groups is 1. The fraction of sp³-hybridized carbons (Fsp3) is 0.214. The number of aryl methyl sites for hydroxylation is 2. The average Bonchev–Trinajstić information content (AvgIpc) is 2.82. The van der Waals surface area contributed by atoms with Gasteiger partial charge in [0, 0.05) is 21.5 Å².